The maximum Gasteiger partial charge on any atom is 0.314 e. The van der Waals surface area contributed by atoms with Crippen LogP contribution in [-0.4, -0.2) is 33.3 Å². The Morgan fingerprint density at radius 1 is 1.26 bits per heavy atom. The summed E-state index contributed by atoms with van der Waals surface area (Å²) in [5, 5.41) is 5.54. The Hall–Kier alpha value is -1.75. The fourth-order valence-corrected chi connectivity index (χ4v) is 1.74. The highest BCUT2D eigenvalue weighted by atomic mass is 16.5. The van der Waals surface area contributed by atoms with Gasteiger partial charge in [0.1, 0.15) is 11.9 Å². The molecule has 0 radical (unpaired) electrons. The monoisotopic (exact) mass is 266 g/mol. The van der Waals surface area contributed by atoms with Crippen LogP contribution in [-0.2, 0) is 4.74 Å². The molecule has 0 aliphatic heterocycles. The molecule has 0 aliphatic rings. The van der Waals surface area contributed by atoms with Gasteiger partial charge in [-0.3, -0.25) is 0 Å². The summed E-state index contributed by atoms with van der Waals surface area (Å²) in [4.78, 5) is 11.5. The molecule has 1 atom stereocenters. The second-order valence-corrected chi connectivity index (χ2v) is 4.10. The molecular weight excluding hydrogens is 244 g/mol. The van der Waals surface area contributed by atoms with Crippen molar-refractivity contribution in [2.75, 3.05) is 27.3 Å². The second-order valence-electron chi connectivity index (χ2n) is 4.10. The third-order valence-electron chi connectivity index (χ3n) is 2.75. The first-order valence-corrected chi connectivity index (χ1v) is 6.40. The van der Waals surface area contributed by atoms with Gasteiger partial charge in [-0.15, -0.1) is 0 Å². The van der Waals surface area contributed by atoms with Gasteiger partial charge in [-0.05, 0) is 12.5 Å². The van der Waals surface area contributed by atoms with Gasteiger partial charge in [-0.25, -0.2) is 4.79 Å². The molecule has 1 aromatic carbocycles. The number of amides is 2. The zero-order chi connectivity index (χ0) is 14.1. The lowest BCUT2D eigenvalue weighted by atomic mass is 10.1. The van der Waals surface area contributed by atoms with Crippen molar-refractivity contribution in [1.29, 1.82) is 0 Å². The van der Waals surface area contributed by atoms with Crippen LogP contribution in [0.1, 0.15) is 25.0 Å². The van der Waals surface area contributed by atoms with Gasteiger partial charge in [0.15, 0.2) is 0 Å². The Kier molecular flexibility index (Phi) is 6.74. The smallest absolute Gasteiger partial charge is 0.314 e. The molecule has 0 bridgehead atoms. The van der Waals surface area contributed by atoms with E-state index in [4.69, 9.17) is 9.47 Å². The lowest BCUT2D eigenvalue weighted by Gasteiger charge is -2.19. The Balaban J connectivity index is 2.60. The van der Waals surface area contributed by atoms with E-state index in [2.05, 4.69) is 10.6 Å². The normalized spacial score (nSPS) is 11.7. The highest BCUT2D eigenvalue weighted by Gasteiger charge is 2.15. The summed E-state index contributed by atoms with van der Waals surface area (Å²) < 4.78 is 10.7. The van der Waals surface area contributed by atoms with Crippen molar-refractivity contribution in [3.63, 3.8) is 0 Å². The molecule has 5 heteroatoms. The van der Waals surface area contributed by atoms with Crippen molar-refractivity contribution in [2.24, 2.45) is 0 Å². The van der Waals surface area contributed by atoms with Crippen LogP contribution in [0.25, 0.3) is 0 Å². The quantitative estimate of drug-likeness (QED) is 0.794. The Morgan fingerprint density at radius 2 is 2.00 bits per heavy atom. The average Bonchev–Trinajstić information content (AvgIpc) is 2.46. The lowest BCUT2D eigenvalue weighted by molar-refractivity contribution is 0.101. The van der Waals surface area contributed by atoms with Gasteiger partial charge < -0.3 is 20.1 Å². The van der Waals surface area contributed by atoms with Crippen LogP contribution in [0.15, 0.2) is 24.3 Å². The topological polar surface area (TPSA) is 59.6 Å². The summed E-state index contributed by atoms with van der Waals surface area (Å²) in [5.41, 5.74) is 0.920. The third-order valence-corrected chi connectivity index (χ3v) is 2.75. The average molecular weight is 266 g/mol. The van der Waals surface area contributed by atoms with Gasteiger partial charge >= 0.3 is 6.03 Å². The van der Waals surface area contributed by atoms with E-state index in [1.165, 1.54) is 0 Å². The molecule has 1 rings (SSSR count). The number of benzene rings is 1. The van der Waals surface area contributed by atoms with E-state index in [1.54, 1.807) is 14.2 Å². The molecule has 1 unspecified atom stereocenters. The van der Waals surface area contributed by atoms with Crippen molar-refractivity contribution in [2.45, 2.75) is 19.4 Å². The molecule has 0 fully saturated rings. The molecule has 5 nitrogen and oxygen atoms in total. The summed E-state index contributed by atoms with van der Waals surface area (Å²) in [7, 11) is 3.23. The minimum absolute atomic E-state index is 0.182. The number of para-hydroxylation sites is 1. The number of rotatable bonds is 7. The van der Waals surface area contributed by atoms with Crippen LogP contribution < -0.4 is 15.4 Å². The maximum atomic E-state index is 11.5. The van der Waals surface area contributed by atoms with Crippen LogP contribution in [0.3, 0.4) is 0 Å². The van der Waals surface area contributed by atoms with Gasteiger partial charge in [0, 0.05) is 25.8 Å². The van der Waals surface area contributed by atoms with E-state index in [1.807, 2.05) is 31.2 Å². The molecule has 1 aromatic rings. The Labute approximate surface area is 114 Å². The zero-order valence-electron chi connectivity index (χ0n) is 11.7. The van der Waals surface area contributed by atoms with E-state index >= 15 is 0 Å². The van der Waals surface area contributed by atoms with E-state index in [0.717, 1.165) is 17.7 Å². The van der Waals surface area contributed by atoms with Gasteiger partial charge in [0.25, 0.3) is 0 Å². The molecule has 2 N–H and O–H groups in total. The van der Waals surface area contributed by atoms with Crippen LogP contribution in [0.5, 0.6) is 5.75 Å². The summed E-state index contributed by atoms with van der Waals surface area (Å²) in [6.45, 7) is 3.07. The number of carbonyl (C=O) groups excluding carboxylic acids is 1. The minimum Gasteiger partial charge on any atom is -0.496 e. The minimum atomic E-state index is -0.233. The molecule has 0 saturated carbocycles. The number of nitrogens with one attached hydrogen (secondary N) is 2. The summed E-state index contributed by atoms with van der Waals surface area (Å²) >= 11 is 0. The first kappa shape index (κ1) is 15.3. The van der Waals surface area contributed by atoms with Crippen LogP contribution in [0, 0.1) is 0 Å². The first-order valence-electron chi connectivity index (χ1n) is 6.40. The van der Waals surface area contributed by atoms with Crippen molar-refractivity contribution in [3.8, 4) is 5.75 Å². The van der Waals surface area contributed by atoms with Crippen LogP contribution >= 0.6 is 0 Å². The van der Waals surface area contributed by atoms with Gasteiger partial charge in [0.05, 0.1) is 7.11 Å². The molecule has 0 heterocycles. The number of hydrogen-bond donors (Lipinski definition) is 2. The van der Waals surface area contributed by atoms with Crippen LogP contribution in [0.4, 0.5) is 4.79 Å². The Morgan fingerprint density at radius 3 is 2.63 bits per heavy atom. The molecule has 19 heavy (non-hydrogen) atoms. The summed E-state index contributed by atoms with van der Waals surface area (Å²) in [6, 6.07) is 7.44. The number of methoxy groups -OCH3 is 2. The largest absolute Gasteiger partial charge is 0.496 e. The number of ether oxygens (including phenoxy) is 2. The van der Waals surface area contributed by atoms with Gasteiger partial charge in [-0.1, -0.05) is 25.1 Å². The molecule has 2 amide bonds. The van der Waals surface area contributed by atoms with Gasteiger partial charge in [0.2, 0.25) is 0 Å². The summed E-state index contributed by atoms with van der Waals surface area (Å²) in [6.07, 6.45) is 0.678. The Bertz CT molecular complexity index is 396. The fraction of sp³-hybridized carbons (Fsp3) is 0.500. The third kappa shape index (κ3) is 4.79. The van der Waals surface area contributed by atoms with Crippen molar-refractivity contribution in [3.05, 3.63) is 29.8 Å². The number of hydrogen-bond acceptors (Lipinski definition) is 3. The van der Waals surface area contributed by atoms with Crippen molar-refractivity contribution < 1.29 is 14.3 Å². The zero-order valence-corrected chi connectivity index (χ0v) is 11.7. The molecule has 106 valence electrons. The molecular formula is C14H22N2O3. The summed E-state index contributed by atoms with van der Waals surface area (Å²) in [5.74, 6) is 0.755. The standard InChI is InChI=1S/C14H22N2O3/c1-4-9-15-14(17)16-10-13(19-3)11-7-5-6-8-12(11)18-2/h5-8,13H,4,9-10H2,1-3H3,(H2,15,16,17). The first-order chi connectivity index (χ1) is 9.22. The predicted molar refractivity (Wildman–Crippen MR) is 74.4 cm³/mol. The van der Waals surface area contributed by atoms with E-state index < -0.39 is 0 Å². The predicted octanol–water partition coefficient (Wildman–Crippen LogP) is 2.09. The molecule has 0 saturated heterocycles. The number of urea groups is 1. The lowest BCUT2D eigenvalue weighted by Crippen LogP contribution is -2.38. The van der Waals surface area contributed by atoms with Crippen molar-refractivity contribution in [1.82, 2.24) is 10.6 Å². The van der Waals surface area contributed by atoms with E-state index in [9.17, 15) is 4.79 Å². The molecule has 0 spiro atoms. The molecule has 0 aliphatic carbocycles. The number of carbonyl (C=O) groups is 1. The van der Waals surface area contributed by atoms with Crippen LogP contribution in [0.2, 0.25) is 0 Å². The fourth-order valence-electron chi connectivity index (χ4n) is 1.74. The highest BCUT2D eigenvalue weighted by molar-refractivity contribution is 5.73. The maximum absolute atomic E-state index is 11.5. The highest BCUT2D eigenvalue weighted by Crippen LogP contribution is 2.26. The van der Waals surface area contributed by atoms with E-state index in [-0.39, 0.29) is 12.1 Å². The SMILES string of the molecule is CCCNC(=O)NCC(OC)c1ccccc1OC. The molecule has 0 aromatic heterocycles. The van der Waals surface area contributed by atoms with Crippen molar-refractivity contribution >= 4 is 6.03 Å². The van der Waals surface area contributed by atoms with E-state index in [0.29, 0.717) is 13.1 Å². The van der Waals surface area contributed by atoms with Gasteiger partial charge in [-0.2, -0.15) is 0 Å². The second kappa shape index (κ2) is 8.37.